The van der Waals surface area contributed by atoms with Crippen molar-refractivity contribution in [3.8, 4) is 0 Å². The second kappa shape index (κ2) is 39.5. The molecule has 0 spiro atoms. The van der Waals surface area contributed by atoms with Gasteiger partial charge in [-0.15, -0.1) is 0 Å². The Kier molecular flexibility index (Phi) is 32.3. The molecule has 0 aromatic carbocycles. The van der Waals surface area contributed by atoms with E-state index in [2.05, 4.69) is 82.4 Å². The number of unbranched alkanes of at least 4 members (excludes halogenated alkanes) is 5. The van der Waals surface area contributed by atoms with Crippen LogP contribution >= 0.6 is 0 Å². The number of carbonyl (C=O) groups is 9. The zero-order valence-corrected chi connectivity index (χ0v) is 48.3. The maximum atomic E-state index is 14.7. The standard InChI is InChI=1S/C54H90N22O9/c55-16-6-1-11-34(29-77)69-51(82)43(21-35-25-61-30-65-35)74-48(79)40(13-3-8-18-57)71-53(84)45(23-37-27-63-32-67-37)76-50(81)42(15-5-10-20-59)72-54(85)46(24-38-28-64-33-68-38)75-49(80)41(14-4-9-19-58)70-52(83)44(22-36-26-62-31-66-36)73-47(78)39(60)12-2-7-17-56/h25-34,39-46H,1-24,55-60H2,(H,61,65)(H,62,66)(H,63,67)(H,64,68)(H,69,82)(H,70,83)(H,71,84)(H,72,85)(H,73,78)(H,74,79)(H,75,80)(H,76,81)/t34-,39-,40-,41-,42-,43-,44-,45-,46-/m0/s1. The molecule has 31 heteroatoms. The third kappa shape index (κ3) is 25.8. The van der Waals surface area contributed by atoms with E-state index < -0.39 is 102 Å². The van der Waals surface area contributed by atoms with Gasteiger partial charge in [-0.2, -0.15) is 0 Å². The summed E-state index contributed by atoms with van der Waals surface area (Å²) in [6.45, 7) is 1.64. The summed E-state index contributed by atoms with van der Waals surface area (Å²) in [5.74, 6) is -5.89. The van der Waals surface area contributed by atoms with E-state index in [1.54, 1.807) is 0 Å². The summed E-state index contributed by atoms with van der Waals surface area (Å²) in [5, 5.41) is 22.0. The van der Waals surface area contributed by atoms with Crippen LogP contribution < -0.4 is 76.9 Å². The van der Waals surface area contributed by atoms with Crippen molar-refractivity contribution < 1.29 is 43.2 Å². The number of aldehydes is 1. The Morgan fingerprint density at radius 1 is 0.353 bits per heavy atom. The minimum absolute atomic E-state index is 0.0255. The fourth-order valence-electron chi connectivity index (χ4n) is 9.11. The SMILES string of the molecule is NCCCC[C@@H](C=O)NC(=O)[C@H](Cc1cnc[nH]1)NC(=O)[C@H](CCCCN)NC(=O)[C@H](Cc1cnc[nH]1)NC(=O)[C@H](CCCCN)NC(=O)[C@H](Cc1cnc[nH]1)NC(=O)[C@H](CCCCN)NC(=O)[C@H](Cc1cnc[nH]1)NC(=O)[C@@H](N)CCCCN. The second-order valence-corrected chi connectivity index (χ2v) is 20.8. The van der Waals surface area contributed by atoms with Gasteiger partial charge in [0.15, 0.2) is 0 Å². The minimum atomic E-state index is -1.40. The van der Waals surface area contributed by atoms with Crippen LogP contribution in [0.25, 0.3) is 0 Å². The molecule has 0 unspecified atom stereocenters. The largest absolute Gasteiger partial charge is 0.348 e. The first-order valence-corrected chi connectivity index (χ1v) is 29.2. The topological polar surface area (TPSA) is 521 Å². The van der Waals surface area contributed by atoms with E-state index in [0.717, 1.165) is 0 Å². The molecule has 0 radical (unpaired) electrons. The van der Waals surface area contributed by atoms with Crippen molar-refractivity contribution in [3.63, 3.8) is 0 Å². The van der Waals surface area contributed by atoms with Gasteiger partial charge in [0.05, 0.1) is 37.4 Å². The Balaban J connectivity index is 1.61. The monoisotopic (exact) mass is 1190 g/mol. The summed E-state index contributed by atoms with van der Waals surface area (Å²) in [6.07, 6.45) is 17.4. The molecule has 470 valence electrons. The van der Waals surface area contributed by atoms with Crippen LogP contribution in [0, 0.1) is 0 Å². The van der Waals surface area contributed by atoms with Gasteiger partial charge >= 0.3 is 0 Å². The lowest BCUT2D eigenvalue weighted by Gasteiger charge is -2.28. The first-order valence-electron chi connectivity index (χ1n) is 29.2. The lowest BCUT2D eigenvalue weighted by atomic mass is 10.0. The first-order chi connectivity index (χ1) is 41.1. The number of nitrogens with zero attached hydrogens (tertiary/aromatic N) is 4. The highest BCUT2D eigenvalue weighted by atomic mass is 16.2. The van der Waals surface area contributed by atoms with Crippen LogP contribution in [0.3, 0.4) is 0 Å². The molecule has 31 nitrogen and oxygen atoms in total. The molecule has 9 atom stereocenters. The normalized spacial score (nSPS) is 14.4. The Hall–Kier alpha value is -7.97. The number of nitrogens with one attached hydrogen (secondary N) is 12. The number of rotatable bonds is 45. The predicted octanol–water partition coefficient (Wildman–Crippen LogP) is -4.10. The van der Waals surface area contributed by atoms with E-state index in [1.807, 2.05) is 0 Å². The number of amides is 8. The number of imidazole rings is 4. The van der Waals surface area contributed by atoms with E-state index >= 15 is 0 Å². The zero-order valence-electron chi connectivity index (χ0n) is 48.3. The molecule has 24 N–H and O–H groups in total. The summed E-state index contributed by atoms with van der Waals surface area (Å²) in [7, 11) is 0. The summed E-state index contributed by atoms with van der Waals surface area (Å²) in [6, 6.07) is -10.9. The van der Waals surface area contributed by atoms with Gasteiger partial charge in [0, 0.05) is 73.2 Å². The number of nitrogens with two attached hydrogens (primary N) is 6. The molecule has 0 fully saturated rings. The number of carbonyl (C=O) groups excluding carboxylic acids is 9. The van der Waals surface area contributed by atoms with Crippen molar-refractivity contribution in [2.75, 3.05) is 32.7 Å². The summed E-state index contributed by atoms with van der Waals surface area (Å²) >= 11 is 0. The molecule has 4 rings (SSSR count). The minimum Gasteiger partial charge on any atom is -0.348 e. The van der Waals surface area contributed by atoms with Crippen LogP contribution in [0.1, 0.15) is 119 Å². The van der Waals surface area contributed by atoms with Crippen LogP contribution in [-0.4, -0.2) is 181 Å². The van der Waals surface area contributed by atoms with E-state index in [9.17, 15) is 43.2 Å². The smallest absolute Gasteiger partial charge is 0.243 e. The highest BCUT2D eigenvalue weighted by Crippen LogP contribution is 2.12. The first kappa shape index (κ1) is 69.5. The number of hydrogen-bond donors (Lipinski definition) is 18. The third-order valence-corrected chi connectivity index (χ3v) is 14.0. The maximum Gasteiger partial charge on any atom is 0.243 e. The number of aromatic amines is 4. The van der Waals surface area contributed by atoms with Crippen molar-refractivity contribution >= 4 is 53.5 Å². The van der Waals surface area contributed by atoms with Crippen LogP contribution in [0.15, 0.2) is 50.1 Å². The fourth-order valence-corrected chi connectivity index (χ4v) is 9.11. The van der Waals surface area contributed by atoms with Gasteiger partial charge in [-0.3, -0.25) is 38.4 Å². The number of aromatic nitrogens is 8. The molecule has 4 heterocycles. The van der Waals surface area contributed by atoms with Crippen LogP contribution in [0.4, 0.5) is 0 Å². The van der Waals surface area contributed by atoms with Crippen molar-refractivity contribution in [3.05, 3.63) is 72.9 Å². The second-order valence-electron chi connectivity index (χ2n) is 20.8. The predicted molar refractivity (Wildman–Crippen MR) is 313 cm³/mol. The van der Waals surface area contributed by atoms with E-state index in [-0.39, 0.29) is 64.6 Å². The lowest BCUT2D eigenvalue weighted by Crippen LogP contribution is -2.61. The molecule has 0 aliphatic carbocycles. The third-order valence-electron chi connectivity index (χ3n) is 14.0. The molecular formula is C54H90N22O9. The summed E-state index contributed by atoms with van der Waals surface area (Å²) in [4.78, 5) is 154. The van der Waals surface area contributed by atoms with E-state index in [0.29, 0.717) is 119 Å². The van der Waals surface area contributed by atoms with Crippen LogP contribution in [-0.2, 0) is 68.8 Å². The molecule has 4 aromatic rings. The lowest BCUT2D eigenvalue weighted by molar-refractivity contribution is -0.136. The highest BCUT2D eigenvalue weighted by molar-refractivity contribution is 5.98. The van der Waals surface area contributed by atoms with E-state index in [1.165, 1.54) is 50.1 Å². The highest BCUT2D eigenvalue weighted by Gasteiger charge is 2.35. The summed E-state index contributed by atoms with van der Waals surface area (Å²) < 4.78 is 0. The van der Waals surface area contributed by atoms with Gasteiger partial charge in [-0.25, -0.2) is 19.9 Å². The Morgan fingerprint density at radius 3 is 0.871 bits per heavy atom. The molecule has 0 aliphatic rings. The maximum absolute atomic E-state index is 14.7. The van der Waals surface area contributed by atoms with Gasteiger partial charge in [-0.05, 0) is 123 Å². The number of hydrogen-bond acceptors (Lipinski definition) is 19. The van der Waals surface area contributed by atoms with Gasteiger partial charge in [-0.1, -0.05) is 6.42 Å². The van der Waals surface area contributed by atoms with Crippen molar-refractivity contribution in [2.24, 2.45) is 34.4 Å². The van der Waals surface area contributed by atoms with Crippen molar-refractivity contribution in [1.29, 1.82) is 0 Å². The van der Waals surface area contributed by atoms with Crippen molar-refractivity contribution in [2.45, 2.75) is 176 Å². The van der Waals surface area contributed by atoms with Crippen molar-refractivity contribution in [1.82, 2.24) is 82.4 Å². The van der Waals surface area contributed by atoms with E-state index in [4.69, 9.17) is 34.4 Å². The average molecular weight is 1190 g/mol. The van der Waals surface area contributed by atoms with Crippen LogP contribution in [0.2, 0.25) is 0 Å². The molecule has 0 bridgehead atoms. The molecule has 4 aromatic heterocycles. The summed E-state index contributed by atoms with van der Waals surface area (Å²) in [5.41, 5.74) is 36.8. The molecule has 0 aliphatic heterocycles. The zero-order chi connectivity index (χ0) is 61.8. The van der Waals surface area contributed by atoms with Gasteiger partial charge in [0.1, 0.15) is 48.6 Å². The quantitative estimate of drug-likeness (QED) is 0.0148. The van der Waals surface area contributed by atoms with Crippen LogP contribution in [0.5, 0.6) is 0 Å². The molecule has 85 heavy (non-hydrogen) atoms. The molecular weight excluding hydrogens is 1100 g/mol. The Labute approximate surface area is 494 Å². The molecule has 0 saturated heterocycles. The fraction of sp³-hybridized carbons (Fsp3) is 0.611. The average Bonchev–Trinajstić information content (AvgIpc) is 4.49. The molecule has 0 saturated carbocycles. The van der Waals surface area contributed by atoms with Gasteiger partial charge in [0.25, 0.3) is 0 Å². The van der Waals surface area contributed by atoms with Gasteiger partial charge in [0.2, 0.25) is 47.3 Å². The Bertz CT molecular complexity index is 2570. The molecule has 8 amide bonds. The van der Waals surface area contributed by atoms with Gasteiger partial charge < -0.3 is 102 Å². The number of H-pyrrole nitrogens is 4. The Morgan fingerprint density at radius 2 is 0.600 bits per heavy atom.